The summed E-state index contributed by atoms with van der Waals surface area (Å²) in [4.78, 5) is 17.5. The summed E-state index contributed by atoms with van der Waals surface area (Å²) in [5.41, 5.74) is 1.51. The van der Waals surface area contributed by atoms with Gasteiger partial charge in [0.15, 0.2) is 9.84 Å². The van der Waals surface area contributed by atoms with Crippen LogP contribution in [0.15, 0.2) is 59.5 Å². The minimum absolute atomic E-state index is 0.0476. The van der Waals surface area contributed by atoms with Gasteiger partial charge in [0, 0.05) is 43.2 Å². The van der Waals surface area contributed by atoms with E-state index in [0.717, 1.165) is 88.9 Å². The molecule has 224 valence electrons. The van der Waals surface area contributed by atoms with Crippen molar-refractivity contribution in [2.24, 2.45) is 17.8 Å². The number of nitriles is 1. The fraction of sp³-hybridized carbons (Fsp3) is 0.576. The van der Waals surface area contributed by atoms with Gasteiger partial charge < -0.3 is 19.9 Å². The van der Waals surface area contributed by atoms with Crippen molar-refractivity contribution in [1.82, 2.24) is 10.2 Å². The number of carbonyl (C=O) groups is 1. The lowest BCUT2D eigenvalue weighted by molar-refractivity contribution is 0.0939. The van der Waals surface area contributed by atoms with Gasteiger partial charge in [-0.05, 0) is 87.4 Å². The number of sulfone groups is 1. The summed E-state index contributed by atoms with van der Waals surface area (Å²) in [5.74, 6) is 0.843. The van der Waals surface area contributed by atoms with Crippen LogP contribution in [0.2, 0.25) is 0 Å². The molecule has 3 atom stereocenters. The van der Waals surface area contributed by atoms with Crippen molar-refractivity contribution in [2.75, 3.05) is 44.7 Å². The molecule has 0 bridgehead atoms. The number of hydrogen-bond acceptors (Lipinski definition) is 7. The van der Waals surface area contributed by atoms with Crippen molar-refractivity contribution in [3.63, 3.8) is 0 Å². The number of ether oxygens (including phenoxy) is 1. The van der Waals surface area contributed by atoms with Crippen molar-refractivity contribution in [1.29, 1.82) is 5.26 Å². The van der Waals surface area contributed by atoms with Crippen LogP contribution in [0.25, 0.3) is 0 Å². The van der Waals surface area contributed by atoms with Gasteiger partial charge in [-0.1, -0.05) is 36.8 Å². The molecule has 1 amide bonds. The van der Waals surface area contributed by atoms with Crippen LogP contribution < -0.4 is 10.2 Å². The van der Waals surface area contributed by atoms with E-state index in [2.05, 4.69) is 33.3 Å². The lowest BCUT2D eigenvalue weighted by atomic mass is 9.59. The smallest absolute Gasteiger partial charge is 0.407 e. The van der Waals surface area contributed by atoms with Gasteiger partial charge in [-0.25, -0.2) is 13.2 Å². The number of carbonyl (C=O) groups excluding carboxylic acids is 1. The average molecular weight is 591 g/mol. The van der Waals surface area contributed by atoms with Crippen LogP contribution in [0.4, 0.5) is 10.5 Å². The van der Waals surface area contributed by atoms with Crippen LogP contribution in [0, 0.1) is 29.1 Å². The van der Waals surface area contributed by atoms with Crippen LogP contribution in [0.5, 0.6) is 0 Å². The Balaban J connectivity index is 1.07. The molecule has 2 aromatic carbocycles. The summed E-state index contributed by atoms with van der Waals surface area (Å²) >= 11 is 0. The van der Waals surface area contributed by atoms with Crippen molar-refractivity contribution < 1.29 is 17.9 Å². The highest BCUT2D eigenvalue weighted by Crippen LogP contribution is 2.50. The van der Waals surface area contributed by atoms with E-state index in [-0.39, 0.29) is 23.1 Å². The van der Waals surface area contributed by atoms with E-state index < -0.39 is 21.3 Å². The summed E-state index contributed by atoms with van der Waals surface area (Å²) in [5, 5.41) is 13.8. The molecule has 2 aromatic rings. The Morgan fingerprint density at radius 2 is 1.69 bits per heavy atom. The van der Waals surface area contributed by atoms with Crippen molar-refractivity contribution in [3.8, 4) is 6.07 Å². The first kappa shape index (κ1) is 29.0. The number of nitrogens with zero attached hydrogens (tertiary/aromatic N) is 3. The predicted molar refractivity (Wildman–Crippen MR) is 162 cm³/mol. The number of alkyl carbamates (subject to hydrolysis) is 1. The number of benzene rings is 2. The second-order valence-electron chi connectivity index (χ2n) is 12.7. The van der Waals surface area contributed by atoms with E-state index in [9.17, 15) is 18.5 Å². The number of piperidine rings is 1. The number of methoxy groups -OCH3 is 1. The molecule has 6 rings (SSSR count). The second-order valence-corrected chi connectivity index (χ2v) is 14.9. The molecular weight excluding hydrogens is 548 g/mol. The van der Waals surface area contributed by atoms with E-state index in [1.54, 1.807) is 12.1 Å². The minimum Gasteiger partial charge on any atom is -0.453 e. The zero-order valence-electron chi connectivity index (χ0n) is 24.5. The van der Waals surface area contributed by atoms with Crippen LogP contribution in [-0.2, 0) is 20.0 Å². The number of likely N-dealkylation sites (tertiary alicyclic amines) is 1. The third kappa shape index (κ3) is 5.51. The molecule has 2 saturated heterocycles. The molecule has 2 aliphatic carbocycles. The third-order valence-electron chi connectivity index (χ3n) is 10.2. The normalized spacial score (nSPS) is 25.3. The van der Waals surface area contributed by atoms with Gasteiger partial charge in [-0.15, -0.1) is 0 Å². The Morgan fingerprint density at radius 3 is 2.31 bits per heavy atom. The SMILES string of the molecule is COC(=O)N[C@@H]1CCC[C@H]1C(C#N)(c1ccccc1)C1CCN(CC2CN(c3ccc(S(=O)(=O)C4CC4)cc3)C2)CC1. The summed E-state index contributed by atoms with van der Waals surface area (Å²) in [7, 11) is -1.75. The summed E-state index contributed by atoms with van der Waals surface area (Å²) in [6.45, 7) is 4.92. The predicted octanol–water partition coefficient (Wildman–Crippen LogP) is 4.76. The molecule has 2 aliphatic heterocycles. The highest BCUT2D eigenvalue weighted by Gasteiger charge is 2.52. The molecule has 0 radical (unpaired) electrons. The number of amides is 1. The monoisotopic (exact) mass is 590 g/mol. The largest absolute Gasteiger partial charge is 0.453 e. The lowest BCUT2D eigenvalue weighted by Crippen LogP contribution is -2.55. The average Bonchev–Trinajstić information content (AvgIpc) is 3.77. The van der Waals surface area contributed by atoms with Gasteiger partial charge >= 0.3 is 6.09 Å². The molecule has 0 aromatic heterocycles. The first-order valence-electron chi connectivity index (χ1n) is 15.5. The van der Waals surface area contributed by atoms with Crippen molar-refractivity contribution >= 4 is 21.6 Å². The standard InChI is InChI=1S/C33H42N4O4S/c1-41-32(38)35-31-9-5-8-30(31)33(23-34,25-6-3-2-4-7-25)26-16-18-36(19-17-26)20-24-21-37(22-24)27-10-12-28(13-11-27)42(39,40)29-14-15-29/h2-4,6-7,10-13,24,26,29-31H,5,8-9,14-22H2,1H3,(H,35,38)/t30-,31-,33?/m1/s1. The van der Waals surface area contributed by atoms with Crippen LogP contribution in [0.1, 0.15) is 50.5 Å². The van der Waals surface area contributed by atoms with Gasteiger partial charge in [-0.3, -0.25) is 0 Å². The van der Waals surface area contributed by atoms with E-state index in [1.807, 2.05) is 30.3 Å². The highest BCUT2D eigenvalue weighted by molar-refractivity contribution is 7.92. The zero-order valence-corrected chi connectivity index (χ0v) is 25.3. The highest BCUT2D eigenvalue weighted by atomic mass is 32.2. The maximum atomic E-state index is 12.5. The van der Waals surface area contributed by atoms with Crippen molar-refractivity contribution in [2.45, 2.75) is 66.5 Å². The Labute approximate surface area is 249 Å². The summed E-state index contributed by atoms with van der Waals surface area (Å²) in [6.07, 6.45) is 5.84. The fourth-order valence-corrected chi connectivity index (χ4v) is 9.50. The molecule has 9 heteroatoms. The molecule has 0 spiro atoms. The first-order valence-corrected chi connectivity index (χ1v) is 17.0. The lowest BCUT2D eigenvalue weighted by Gasteiger charge is -2.48. The number of rotatable bonds is 9. The maximum Gasteiger partial charge on any atom is 0.407 e. The maximum absolute atomic E-state index is 12.5. The fourth-order valence-electron chi connectivity index (χ4n) is 7.84. The molecule has 2 saturated carbocycles. The van der Waals surface area contributed by atoms with E-state index in [1.165, 1.54) is 7.11 Å². The zero-order chi connectivity index (χ0) is 29.3. The van der Waals surface area contributed by atoms with Crippen LogP contribution >= 0.6 is 0 Å². The van der Waals surface area contributed by atoms with E-state index >= 15 is 0 Å². The molecule has 4 fully saturated rings. The molecule has 4 aliphatic rings. The van der Waals surface area contributed by atoms with Gasteiger partial charge in [0.05, 0.1) is 28.7 Å². The Bertz CT molecular complexity index is 1390. The van der Waals surface area contributed by atoms with Crippen LogP contribution in [0.3, 0.4) is 0 Å². The topological polar surface area (TPSA) is 103 Å². The van der Waals surface area contributed by atoms with E-state index in [0.29, 0.717) is 10.8 Å². The Kier molecular flexibility index (Phi) is 8.21. The van der Waals surface area contributed by atoms with Crippen LogP contribution in [-0.4, -0.2) is 70.5 Å². The first-order chi connectivity index (χ1) is 20.3. The minimum atomic E-state index is -3.15. The molecule has 1 N–H and O–H groups in total. The Morgan fingerprint density at radius 1 is 1.00 bits per heavy atom. The molecule has 8 nitrogen and oxygen atoms in total. The Hall–Kier alpha value is -3.09. The number of hydrogen-bond donors (Lipinski definition) is 1. The summed E-state index contributed by atoms with van der Waals surface area (Å²) < 4.78 is 29.9. The quantitative estimate of drug-likeness (QED) is 0.449. The van der Waals surface area contributed by atoms with Crippen molar-refractivity contribution in [3.05, 3.63) is 60.2 Å². The molecular formula is C33H42N4O4S. The summed E-state index contributed by atoms with van der Waals surface area (Å²) in [6, 6.07) is 20.4. The number of nitrogens with one attached hydrogen (secondary N) is 1. The number of anilines is 1. The second kappa shape index (κ2) is 11.9. The molecule has 2 heterocycles. The van der Waals surface area contributed by atoms with Gasteiger partial charge in [0.25, 0.3) is 0 Å². The molecule has 1 unspecified atom stereocenters. The van der Waals surface area contributed by atoms with Gasteiger partial charge in [0.1, 0.15) is 0 Å². The molecule has 42 heavy (non-hydrogen) atoms. The van der Waals surface area contributed by atoms with Gasteiger partial charge in [-0.2, -0.15) is 5.26 Å². The van der Waals surface area contributed by atoms with E-state index in [4.69, 9.17) is 4.74 Å². The van der Waals surface area contributed by atoms with Gasteiger partial charge in [0.2, 0.25) is 0 Å². The third-order valence-corrected chi connectivity index (χ3v) is 12.5.